The molecule has 1 aliphatic carbocycles. The number of nitrogens with two attached hydrogens (primary N) is 1. The molecule has 3 amide bonds. The highest BCUT2D eigenvalue weighted by Gasteiger charge is 2.26. The molecular formula is C16H27N3O2. The zero-order chi connectivity index (χ0) is 16.0. The molecule has 0 atom stereocenters. The largest absolute Gasteiger partial charge is 0.351 e. The van der Waals surface area contributed by atoms with Crippen LogP contribution in [-0.4, -0.2) is 37.0 Å². The Labute approximate surface area is 127 Å². The van der Waals surface area contributed by atoms with Gasteiger partial charge in [-0.1, -0.05) is 25.5 Å². The van der Waals surface area contributed by atoms with Crippen LogP contribution in [0.25, 0.3) is 0 Å². The van der Waals surface area contributed by atoms with Crippen LogP contribution >= 0.6 is 0 Å². The summed E-state index contributed by atoms with van der Waals surface area (Å²) in [5.74, 6) is -0.144. The van der Waals surface area contributed by atoms with Crippen LogP contribution in [0.1, 0.15) is 40.0 Å². The van der Waals surface area contributed by atoms with Crippen molar-refractivity contribution in [3.05, 3.63) is 23.3 Å². The van der Waals surface area contributed by atoms with Crippen LogP contribution in [0.4, 0.5) is 4.79 Å². The Balaban J connectivity index is 2.52. The van der Waals surface area contributed by atoms with Gasteiger partial charge >= 0.3 is 6.03 Å². The van der Waals surface area contributed by atoms with Crippen molar-refractivity contribution in [3.8, 4) is 0 Å². The van der Waals surface area contributed by atoms with Crippen molar-refractivity contribution in [2.24, 2.45) is 11.1 Å². The molecule has 0 saturated carbocycles. The van der Waals surface area contributed by atoms with Gasteiger partial charge in [0, 0.05) is 26.2 Å². The maximum absolute atomic E-state index is 11.8. The van der Waals surface area contributed by atoms with Gasteiger partial charge in [-0.25, -0.2) is 4.79 Å². The summed E-state index contributed by atoms with van der Waals surface area (Å²) in [6.07, 6.45) is 6.97. The van der Waals surface area contributed by atoms with E-state index < -0.39 is 6.03 Å². The van der Waals surface area contributed by atoms with Crippen molar-refractivity contribution in [1.82, 2.24) is 10.2 Å². The summed E-state index contributed by atoms with van der Waals surface area (Å²) in [6, 6.07) is -0.496. The Hall–Kier alpha value is -1.78. The number of urea groups is 1. The fraction of sp³-hybridized carbons (Fsp3) is 0.625. The number of hydrogen-bond donors (Lipinski definition) is 2. The minimum atomic E-state index is -0.496. The minimum Gasteiger partial charge on any atom is -0.351 e. The zero-order valence-corrected chi connectivity index (χ0v) is 13.5. The molecule has 0 bridgehead atoms. The lowest BCUT2D eigenvalue weighted by atomic mass is 9.72. The van der Waals surface area contributed by atoms with E-state index >= 15 is 0 Å². The Morgan fingerprint density at radius 3 is 2.67 bits per heavy atom. The molecule has 5 heteroatoms. The summed E-state index contributed by atoms with van der Waals surface area (Å²) in [6.45, 7) is 7.37. The van der Waals surface area contributed by atoms with Gasteiger partial charge in [-0.3, -0.25) is 4.79 Å². The van der Waals surface area contributed by atoms with Crippen LogP contribution < -0.4 is 11.1 Å². The average Bonchev–Trinajstić information content (AvgIpc) is 2.37. The number of primary amides is 1. The topological polar surface area (TPSA) is 75.4 Å². The number of allylic oxidation sites excluding steroid dienone is 3. The van der Waals surface area contributed by atoms with Gasteiger partial charge in [0.2, 0.25) is 5.91 Å². The van der Waals surface area contributed by atoms with Gasteiger partial charge < -0.3 is 16.0 Å². The van der Waals surface area contributed by atoms with E-state index in [1.54, 1.807) is 13.1 Å². The van der Waals surface area contributed by atoms with E-state index in [4.69, 9.17) is 5.73 Å². The highest BCUT2D eigenvalue weighted by molar-refractivity contribution is 5.88. The molecule has 0 aliphatic heterocycles. The van der Waals surface area contributed by atoms with Crippen LogP contribution in [0, 0.1) is 5.41 Å². The lowest BCUT2D eigenvalue weighted by Crippen LogP contribution is -2.38. The third-order valence-corrected chi connectivity index (χ3v) is 4.07. The van der Waals surface area contributed by atoms with Crippen LogP contribution in [0.2, 0.25) is 0 Å². The fourth-order valence-corrected chi connectivity index (χ4v) is 2.69. The standard InChI is InChI=1S/C16H27N3O2/c1-12-6-5-9-16(2,3)13(12)7-8-14(20)18-10-11-19(4)15(17)21/h7-8H,5-6,9-11H2,1-4H3,(H2,17,21)(H,18,20)/b8-7+. The summed E-state index contributed by atoms with van der Waals surface area (Å²) in [5, 5.41) is 2.75. The van der Waals surface area contributed by atoms with Crippen LogP contribution in [0.15, 0.2) is 23.3 Å². The highest BCUT2D eigenvalue weighted by Crippen LogP contribution is 2.40. The van der Waals surface area contributed by atoms with Crippen molar-refractivity contribution in [2.75, 3.05) is 20.1 Å². The average molecular weight is 293 g/mol. The SMILES string of the molecule is CC1=C(/C=C/C(=O)NCCN(C)C(N)=O)C(C)(C)CCC1. The number of carbonyl (C=O) groups is 2. The van der Waals surface area contributed by atoms with E-state index in [0.29, 0.717) is 13.1 Å². The summed E-state index contributed by atoms with van der Waals surface area (Å²) in [5.41, 5.74) is 7.87. The molecule has 0 fully saturated rings. The van der Waals surface area contributed by atoms with Crippen LogP contribution in [0.5, 0.6) is 0 Å². The molecule has 3 N–H and O–H groups in total. The molecule has 0 aromatic heterocycles. The molecule has 0 radical (unpaired) electrons. The molecule has 1 rings (SSSR count). The first-order chi connectivity index (χ1) is 9.74. The van der Waals surface area contributed by atoms with Gasteiger partial charge in [0.05, 0.1) is 0 Å². The molecule has 0 heterocycles. The third kappa shape index (κ3) is 5.25. The number of nitrogens with zero attached hydrogens (tertiary/aromatic N) is 1. The van der Waals surface area contributed by atoms with E-state index in [-0.39, 0.29) is 11.3 Å². The van der Waals surface area contributed by atoms with Crippen LogP contribution in [0.3, 0.4) is 0 Å². The Kier molecular flexibility index (Phi) is 6.00. The minimum absolute atomic E-state index is 0.130. The van der Waals surface area contributed by atoms with Crippen molar-refractivity contribution < 1.29 is 9.59 Å². The molecular weight excluding hydrogens is 266 g/mol. The Morgan fingerprint density at radius 1 is 1.43 bits per heavy atom. The first kappa shape index (κ1) is 17.3. The van der Waals surface area contributed by atoms with Crippen molar-refractivity contribution >= 4 is 11.9 Å². The summed E-state index contributed by atoms with van der Waals surface area (Å²) >= 11 is 0. The molecule has 118 valence electrons. The predicted molar refractivity (Wildman–Crippen MR) is 84.7 cm³/mol. The molecule has 0 unspecified atom stereocenters. The second kappa shape index (κ2) is 7.29. The number of nitrogens with one attached hydrogen (secondary N) is 1. The number of hydrogen-bond acceptors (Lipinski definition) is 2. The molecule has 1 aliphatic rings. The van der Waals surface area contributed by atoms with Crippen molar-refractivity contribution in [3.63, 3.8) is 0 Å². The zero-order valence-electron chi connectivity index (χ0n) is 13.5. The first-order valence-electron chi connectivity index (χ1n) is 7.41. The Bertz CT molecular complexity index is 464. The van der Waals surface area contributed by atoms with Gasteiger partial charge in [-0.05, 0) is 37.2 Å². The number of carbonyl (C=O) groups excluding carboxylic acids is 2. The number of amides is 3. The summed E-state index contributed by atoms with van der Waals surface area (Å²) in [7, 11) is 1.60. The van der Waals surface area contributed by atoms with E-state index in [0.717, 1.165) is 12.8 Å². The quantitative estimate of drug-likeness (QED) is 0.762. The van der Waals surface area contributed by atoms with E-state index in [1.807, 2.05) is 6.08 Å². The molecule has 0 saturated heterocycles. The summed E-state index contributed by atoms with van der Waals surface area (Å²) in [4.78, 5) is 24.0. The second-order valence-electron chi connectivity index (χ2n) is 6.32. The van der Waals surface area contributed by atoms with Gasteiger partial charge in [0.25, 0.3) is 0 Å². The van der Waals surface area contributed by atoms with Gasteiger partial charge in [0.1, 0.15) is 0 Å². The van der Waals surface area contributed by atoms with Crippen molar-refractivity contribution in [1.29, 1.82) is 0 Å². The van der Waals surface area contributed by atoms with E-state index in [9.17, 15) is 9.59 Å². The highest BCUT2D eigenvalue weighted by atomic mass is 16.2. The summed E-state index contributed by atoms with van der Waals surface area (Å²) < 4.78 is 0. The number of likely N-dealkylation sites (N-methyl/N-ethyl adjacent to an activating group) is 1. The second-order valence-corrected chi connectivity index (χ2v) is 6.32. The molecule has 0 aromatic rings. The fourth-order valence-electron chi connectivity index (χ4n) is 2.69. The van der Waals surface area contributed by atoms with E-state index in [2.05, 4.69) is 26.1 Å². The Morgan fingerprint density at radius 2 is 2.10 bits per heavy atom. The third-order valence-electron chi connectivity index (χ3n) is 4.07. The van der Waals surface area contributed by atoms with Crippen LogP contribution in [-0.2, 0) is 4.79 Å². The first-order valence-corrected chi connectivity index (χ1v) is 7.41. The molecule has 0 spiro atoms. The van der Waals surface area contributed by atoms with Crippen molar-refractivity contribution in [2.45, 2.75) is 40.0 Å². The number of rotatable bonds is 5. The molecule has 5 nitrogen and oxygen atoms in total. The van der Waals surface area contributed by atoms with Gasteiger partial charge in [0.15, 0.2) is 0 Å². The lowest BCUT2D eigenvalue weighted by Gasteiger charge is -2.32. The van der Waals surface area contributed by atoms with Gasteiger partial charge in [-0.2, -0.15) is 0 Å². The lowest BCUT2D eigenvalue weighted by molar-refractivity contribution is -0.116. The smallest absolute Gasteiger partial charge is 0.314 e. The normalized spacial score (nSPS) is 17.9. The predicted octanol–water partition coefficient (Wildman–Crippen LogP) is 2.20. The molecule has 0 aromatic carbocycles. The van der Waals surface area contributed by atoms with Gasteiger partial charge in [-0.15, -0.1) is 0 Å². The maximum atomic E-state index is 11.8. The molecule has 21 heavy (non-hydrogen) atoms. The van der Waals surface area contributed by atoms with E-state index in [1.165, 1.54) is 22.5 Å². The maximum Gasteiger partial charge on any atom is 0.314 e. The monoisotopic (exact) mass is 293 g/mol.